The number of carbonyl (C=O) groups excluding carboxylic acids is 1. The SMILES string of the molecule is CC(C)(O)C(=O)Nc1ccc(C#N)c(C(F)(F)F)c1I. The van der Waals surface area contributed by atoms with Crippen molar-refractivity contribution in [1.29, 1.82) is 5.26 Å². The Bertz CT molecular complexity index is 586. The Morgan fingerprint density at radius 3 is 2.35 bits per heavy atom. The summed E-state index contributed by atoms with van der Waals surface area (Å²) in [5.41, 5.74) is -3.46. The Balaban J connectivity index is 3.34. The smallest absolute Gasteiger partial charge is 0.381 e. The molecule has 0 bridgehead atoms. The van der Waals surface area contributed by atoms with Crippen molar-refractivity contribution < 1.29 is 23.1 Å². The van der Waals surface area contributed by atoms with Crippen LogP contribution in [0.1, 0.15) is 25.0 Å². The van der Waals surface area contributed by atoms with E-state index >= 15 is 0 Å². The van der Waals surface area contributed by atoms with Crippen LogP contribution in [0.25, 0.3) is 0 Å². The Morgan fingerprint density at radius 2 is 1.95 bits per heavy atom. The first kappa shape index (κ1) is 16.7. The lowest BCUT2D eigenvalue weighted by Gasteiger charge is -2.19. The van der Waals surface area contributed by atoms with E-state index in [9.17, 15) is 23.1 Å². The van der Waals surface area contributed by atoms with E-state index < -0.39 is 28.8 Å². The molecule has 0 aliphatic heterocycles. The molecule has 0 fully saturated rings. The number of halogens is 4. The van der Waals surface area contributed by atoms with Gasteiger partial charge in [-0.2, -0.15) is 18.4 Å². The number of alkyl halides is 3. The fourth-order valence-electron chi connectivity index (χ4n) is 1.32. The van der Waals surface area contributed by atoms with Crippen molar-refractivity contribution in [2.24, 2.45) is 0 Å². The molecule has 1 aromatic rings. The average Bonchev–Trinajstić information content (AvgIpc) is 2.28. The molecule has 0 spiro atoms. The third kappa shape index (κ3) is 3.61. The molecule has 108 valence electrons. The zero-order valence-electron chi connectivity index (χ0n) is 10.5. The molecule has 0 saturated carbocycles. The molecule has 0 atom stereocenters. The molecule has 0 saturated heterocycles. The van der Waals surface area contributed by atoms with E-state index in [0.29, 0.717) is 0 Å². The molecule has 0 radical (unpaired) electrons. The van der Waals surface area contributed by atoms with E-state index in [1.807, 2.05) is 0 Å². The summed E-state index contributed by atoms with van der Waals surface area (Å²) in [5.74, 6) is -0.840. The highest BCUT2D eigenvalue weighted by Gasteiger charge is 2.37. The summed E-state index contributed by atoms with van der Waals surface area (Å²) in [6.07, 6.45) is -4.71. The summed E-state index contributed by atoms with van der Waals surface area (Å²) < 4.78 is 38.5. The van der Waals surface area contributed by atoms with Crippen molar-refractivity contribution in [3.8, 4) is 6.07 Å². The van der Waals surface area contributed by atoms with Crippen LogP contribution >= 0.6 is 22.6 Å². The van der Waals surface area contributed by atoms with Gasteiger partial charge in [0.05, 0.1) is 26.5 Å². The first-order valence-electron chi connectivity index (χ1n) is 5.32. The first-order chi connectivity index (χ1) is 8.98. The van der Waals surface area contributed by atoms with E-state index in [1.165, 1.54) is 48.6 Å². The van der Waals surface area contributed by atoms with Gasteiger partial charge in [-0.1, -0.05) is 0 Å². The highest BCUT2D eigenvalue weighted by atomic mass is 127. The lowest BCUT2D eigenvalue weighted by molar-refractivity contribution is -0.138. The highest BCUT2D eigenvalue weighted by molar-refractivity contribution is 14.1. The van der Waals surface area contributed by atoms with Crippen LogP contribution in [-0.4, -0.2) is 16.6 Å². The second-order valence-corrected chi connectivity index (χ2v) is 5.55. The van der Waals surface area contributed by atoms with Crippen LogP contribution in [0.5, 0.6) is 0 Å². The number of hydrogen-bond donors (Lipinski definition) is 2. The van der Waals surface area contributed by atoms with Crippen molar-refractivity contribution in [3.05, 3.63) is 26.8 Å². The van der Waals surface area contributed by atoms with Gasteiger partial charge in [0, 0.05) is 0 Å². The Hall–Kier alpha value is -1.34. The molecule has 2 N–H and O–H groups in total. The summed E-state index contributed by atoms with van der Waals surface area (Å²) in [4.78, 5) is 11.6. The molecule has 1 aromatic carbocycles. The van der Waals surface area contributed by atoms with E-state index in [1.54, 1.807) is 0 Å². The Labute approximate surface area is 126 Å². The van der Waals surface area contributed by atoms with E-state index in [0.717, 1.165) is 6.07 Å². The van der Waals surface area contributed by atoms with Crippen molar-refractivity contribution in [3.63, 3.8) is 0 Å². The van der Waals surface area contributed by atoms with Crippen LogP contribution < -0.4 is 5.32 Å². The summed E-state index contributed by atoms with van der Waals surface area (Å²) >= 11 is 1.41. The average molecular weight is 398 g/mol. The monoisotopic (exact) mass is 398 g/mol. The standard InChI is InChI=1S/C12H10F3IN2O2/c1-11(2,20)10(19)18-7-4-3-6(5-17)8(9(7)16)12(13,14)15/h3-4,20H,1-2H3,(H,18,19). The van der Waals surface area contributed by atoms with Gasteiger partial charge in [-0.05, 0) is 48.6 Å². The Morgan fingerprint density at radius 1 is 1.40 bits per heavy atom. The number of benzene rings is 1. The number of nitrogens with zero attached hydrogens (tertiary/aromatic N) is 1. The molecular weight excluding hydrogens is 388 g/mol. The van der Waals surface area contributed by atoms with Crippen LogP contribution in [-0.2, 0) is 11.0 Å². The van der Waals surface area contributed by atoms with E-state index in [2.05, 4.69) is 5.32 Å². The zero-order chi connectivity index (χ0) is 15.7. The predicted molar refractivity (Wildman–Crippen MR) is 73.8 cm³/mol. The molecule has 4 nitrogen and oxygen atoms in total. The summed E-state index contributed by atoms with van der Waals surface area (Å²) in [6, 6.07) is 3.64. The zero-order valence-corrected chi connectivity index (χ0v) is 12.6. The molecule has 0 aliphatic carbocycles. The highest BCUT2D eigenvalue weighted by Crippen LogP contribution is 2.38. The number of anilines is 1. The number of aliphatic hydroxyl groups is 1. The van der Waals surface area contributed by atoms with E-state index in [4.69, 9.17) is 5.26 Å². The first-order valence-corrected chi connectivity index (χ1v) is 6.40. The van der Waals surface area contributed by atoms with Crippen molar-refractivity contribution in [1.82, 2.24) is 0 Å². The van der Waals surface area contributed by atoms with Gasteiger partial charge in [0.25, 0.3) is 5.91 Å². The number of rotatable bonds is 2. The second kappa shape index (κ2) is 5.57. The summed E-state index contributed by atoms with van der Waals surface area (Å²) in [5, 5.41) is 20.4. The lowest BCUT2D eigenvalue weighted by Crippen LogP contribution is -2.37. The summed E-state index contributed by atoms with van der Waals surface area (Å²) in [7, 11) is 0. The molecule has 20 heavy (non-hydrogen) atoms. The summed E-state index contributed by atoms with van der Waals surface area (Å²) in [6.45, 7) is 2.42. The van der Waals surface area contributed by atoms with Crippen LogP contribution in [0.15, 0.2) is 12.1 Å². The fourth-order valence-corrected chi connectivity index (χ4v) is 2.23. The maximum Gasteiger partial charge on any atom is 0.418 e. The molecular formula is C12H10F3IN2O2. The maximum absolute atomic E-state index is 12.9. The minimum atomic E-state index is -4.71. The molecule has 8 heteroatoms. The van der Waals surface area contributed by atoms with Crippen molar-refractivity contribution in [2.75, 3.05) is 5.32 Å². The number of amides is 1. The lowest BCUT2D eigenvalue weighted by atomic mass is 10.1. The molecule has 1 amide bonds. The van der Waals surface area contributed by atoms with Crippen LogP contribution in [0, 0.1) is 14.9 Å². The van der Waals surface area contributed by atoms with Crippen LogP contribution in [0.2, 0.25) is 0 Å². The van der Waals surface area contributed by atoms with Gasteiger partial charge < -0.3 is 10.4 Å². The molecule has 0 unspecified atom stereocenters. The number of nitrogens with one attached hydrogen (secondary N) is 1. The minimum absolute atomic E-state index is 0.107. The second-order valence-electron chi connectivity index (χ2n) is 4.47. The Kier molecular flexibility index (Phi) is 4.66. The molecule has 1 rings (SSSR count). The van der Waals surface area contributed by atoms with Crippen LogP contribution in [0.4, 0.5) is 18.9 Å². The van der Waals surface area contributed by atoms with Gasteiger partial charge in [-0.3, -0.25) is 4.79 Å². The fraction of sp³-hybridized carbons (Fsp3) is 0.333. The van der Waals surface area contributed by atoms with Gasteiger partial charge in [0.15, 0.2) is 0 Å². The molecule has 0 aliphatic rings. The predicted octanol–water partition coefficient (Wildman–Crippen LogP) is 2.89. The topological polar surface area (TPSA) is 73.1 Å². The quantitative estimate of drug-likeness (QED) is 0.753. The molecule has 0 aromatic heterocycles. The number of hydrogen-bond acceptors (Lipinski definition) is 3. The normalized spacial score (nSPS) is 11.9. The van der Waals surface area contributed by atoms with E-state index in [-0.39, 0.29) is 9.26 Å². The van der Waals surface area contributed by atoms with Gasteiger partial charge in [-0.15, -0.1) is 0 Å². The minimum Gasteiger partial charge on any atom is -0.381 e. The van der Waals surface area contributed by atoms with Crippen molar-refractivity contribution >= 4 is 34.2 Å². The van der Waals surface area contributed by atoms with Gasteiger partial charge in [-0.25, -0.2) is 0 Å². The van der Waals surface area contributed by atoms with Crippen LogP contribution in [0.3, 0.4) is 0 Å². The van der Waals surface area contributed by atoms with Gasteiger partial charge in [0.2, 0.25) is 0 Å². The number of nitriles is 1. The third-order valence-corrected chi connectivity index (χ3v) is 3.47. The largest absolute Gasteiger partial charge is 0.418 e. The molecule has 0 heterocycles. The van der Waals surface area contributed by atoms with Gasteiger partial charge in [0.1, 0.15) is 5.60 Å². The maximum atomic E-state index is 12.9. The van der Waals surface area contributed by atoms with Crippen molar-refractivity contribution in [2.45, 2.75) is 25.6 Å². The third-order valence-electron chi connectivity index (χ3n) is 2.35. The van der Waals surface area contributed by atoms with Gasteiger partial charge >= 0.3 is 6.18 Å². The number of carbonyl (C=O) groups is 1.